The van der Waals surface area contributed by atoms with E-state index in [1.807, 2.05) is 0 Å². The van der Waals surface area contributed by atoms with Crippen LogP contribution in [0.3, 0.4) is 0 Å². The maximum atomic E-state index is 10.5. The Hall–Kier alpha value is -0.360. The van der Waals surface area contributed by atoms with Crippen LogP contribution in [0.5, 0.6) is 0 Å². The van der Waals surface area contributed by atoms with Crippen LogP contribution in [-0.2, 0) is 14.3 Å². The third-order valence-electron chi connectivity index (χ3n) is 0.961. The highest BCUT2D eigenvalue weighted by atomic mass is 32.2. The van der Waals surface area contributed by atoms with E-state index in [2.05, 4.69) is 30.0 Å². The second-order valence-corrected chi connectivity index (χ2v) is 3.75. The molecule has 0 aliphatic carbocycles. The van der Waals surface area contributed by atoms with Crippen molar-refractivity contribution in [2.45, 2.75) is 10.5 Å². The lowest BCUT2D eigenvalue weighted by Gasteiger charge is -2.14. The van der Waals surface area contributed by atoms with Gasteiger partial charge in [0.15, 0.2) is 4.08 Å². The number of carboxylic acids is 1. The highest BCUT2D eigenvalue weighted by Gasteiger charge is 2.33. The summed E-state index contributed by atoms with van der Waals surface area (Å²) in [5.41, 5.74) is 0. The molecular weight excluding hydrogens is 188 g/mol. The molecule has 4 nitrogen and oxygen atoms in total. The molecular formula is C5H8O4S2. The van der Waals surface area contributed by atoms with Crippen LogP contribution in [-0.4, -0.2) is 28.2 Å². The van der Waals surface area contributed by atoms with Gasteiger partial charge in [-0.2, -0.15) is 0 Å². The summed E-state index contributed by atoms with van der Waals surface area (Å²) in [5, 5.41) is 8.43. The largest absolute Gasteiger partial charge is 0.480 e. The first-order valence-electron chi connectivity index (χ1n) is 2.65. The van der Waals surface area contributed by atoms with E-state index >= 15 is 0 Å². The van der Waals surface area contributed by atoms with E-state index in [0.717, 1.165) is 0 Å². The van der Waals surface area contributed by atoms with Crippen LogP contribution < -0.4 is 0 Å². The average molecular weight is 196 g/mol. The van der Waals surface area contributed by atoms with Gasteiger partial charge in [0.05, 0.1) is 13.5 Å². The van der Waals surface area contributed by atoms with E-state index in [1.54, 1.807) is 0 Å². The lowest BCUT2D eigenvalue weighted by Crippen LogP contribution is -2.29. The second-order valence-electron chi connectivity index (χ2n) is 1.87. The summed E-state index contributed by atoms with van der Waals surface area (Å²) >= 11 is 7.28. The molecule has 0 aliphatic heterocycles. The zero-order valence-electron chi connectivity index (χ0n) is 5.77. The number of methoxy groups -OCH3 is 1. The molecule has 0 rings (SSSR count). The van der Waals surface area contributed by atoms with E-state index in [9.17, 15) is 9.59 Å². The van der Waals surface area contributed by atoms with Crippen molar-refractivity contribution in [2.24, 2.45) is 0 Å². The number of rotatable bonds is 3. The fourth-order valence-corrected chi connectivity index (χ4v) is 0.607. The monoisotopic (exact) mass is 196 g/mol. The molecule has 1 N–H and O–H groups in total. The maximum Gasteiger partial charge on any atom is 0.330 e. The first-order chi connectivity index (χ1) is 4.90. The third kappa shape index (κ3) is 3.52. The van der Waals surface area contributed by atoms with Gasteiger partial charge in [-0.1, -0.05) is 0 Å². The molecule has 0 bridgehead atoms. The molecule has 0 aromatic carbocycles. The Morgan fingerprint density at radius 1 is 1.55 bits per heavy atom. The fraction of sp³-hybridized carbons (Fsp3) is 0.600. The molecule has 64 valence electrons. The maximum absolute atomic E-state index is 10.5. The topological polar surface area (TPSA) is 63.6 Å². The van der Waals surface area contributed by atoms with Crippen molar-refractivity contribution in [1.29, 1.82) is 0 Å². The molecule has 0 heterocycles. The molecule has 0 spiro atoms. The Balaban J connectivity index is 4.12. The number of carbonyl (C=O) groups is 2. The Bertz CT molecular complexity index is 177. The van der Waals surface area contributed by atoms with Gasteiger partial charge >= 0.3 is 11.9 Å². The smallest absolute Gasteiger partial charge is 0.330 e. The molecule has 0 aromatic rings. The molecule has 0 saturated heterocycles. The van der Waals surface area contributed by atoms with Crippen LogP contribution >= 0.6 is 25.3 Å². The Kier molecular flexibility index (Phi) is 3.74. The van der Waals surface area contributed by atoms with Gasteiger partial charge in [0, 0.05) is 0 Å². The number of hydrogen-bond acceptors (Lipinski definition) is 5. The standard InChI is InChI=1S/C5H8O4S2/c1-9-3(6)2-5(10,11)4(7)8/h10-11H,2H2,1H3,(H,7,8). The van der Waals surface area contributed by atoms with Gasteiger partial charge in [-0.05, 0) is 0 Å². The summed E-state index contributed by atoms with van der Waals surface area (Å²) in [6.45, 7) is 0. The Morgan fingerprint density at radius 2 is 2.00 bits per heavy atom. The van der Waals surface area contributed by atoms with Gasteiger partial charge in [-0.15, -0.1) is 25.3 Å². The van der Waals surface area contributed by atoms with Crippen molar-refractivity contribution in [3.05, 3.63) is 0 Å². The van der Waals surface area contributed by atoms with Crippen molar-refractivity contribution < 1.29 is 19.4 Å². The molecule has 0 aromatic heterocycles. The summed E-state index contributed by atoms with van der Waals surface area (Å²) in [4.78, 5) is 20.9. The van der Waals surface area contributed by atoms with Gasteiger partial charge in [0.2, 0.25) is 0 Å². The predicted molar refractivity (Wildman–Crippen MR) is 45.0 cm³/mol. The fourth-order valence-electron chi connectivity index (χ4n) is 0.349. The number of esters is 1. The number of thiol groups is 2. The molecule has 0 amide bonds. The summed E-state index contributed by atoms with van der Waals surface area (Å²) < 4.78 is 2.59. The zero-order chi connectivity index (χ0) is 9.07. The number of carbonyl (C=O) groups excluding carboxylic acids is 1. The molecule has 0 aliphatic rings. The van der Waals surface area contributed by atoms with E-state index < -0.39 is 16.0 Å². The number of carboxylic acid groups (broad SMARTS) is 1. The van der Waals surface area contributed by atoms with Crippen LogP contribution in [0.2, 0.25) is 0 Å². The quantitative estimate of drug-likeness (QED) is 0.342. The normalized spacial score (nSPS) is 10.8. The van der Waals surface area contributed by atoms with Gasteiger partial charge < -0.3 is 9.84 Å². The van der Waals surface area contributed by atoms with Crippen LogP contribution in [0.25, 0.3) is 0 Å². The minimum absolute atomic E-state index is 0.370. The van der Waals surface area contributed by atoms with Gasteiger partial charge in [-0.3, -0.25) is 4.79 Å². The van der Waals surface area contributed by atoms with Crippen molar-refractivity contribution in [1.82, 2.24) is 0 Å². The van der Waals surface area contributed by atoms with Crippen LogP contribution in [0, 0.1) is 0 Å². The minimum atomic E-state index is -1.65. The summed E-state index contributed by atoms with van der Waals surface area (Å²) in [6, 6.07) is 0. The number of ether oxygens (including phenoxy) is 1. The Morgan fingerprint density at radius 3 is 2.27 bits per heavy atom. The van der Waals surface area contributed by atoms with Gasteiger partial charge in [0.1, 0.15) is 0 Å². The molecule has 11 heavy (non-hydrogen) atoms. The average Bonchev–Trinajstić information content (AvgIpc) is 1.86. The lowest BCUT2D eigenvalue weighted by molar-refractivity contribution is -0.145. The van der Waals surface area contributed by atoms with Crippen molar-refractivity contribution >= 4 is 37.2 Å². The molecule has 0 fully saturated rings. The van der Waals surface area contributed by atoms with Crippen LogP contribution in [0.4, 0.5) is 0 Å². The van der Waals surface area contributed by atoms with Crippen molar-refractivity contribution in [2.75, 3.05) is 7.11 Å². The summed E-state index contributed by atoms with van der Waals surface area (Å²) in [6.07, 6.45) is -0.370. The lowest BCUT2D eigenvalue weighted by atomic mass is 10.3. The van der Waals surface area contributed by atoms with Gasteiger partial charge in [-0.25, -0.2) is 4.79 Å². The van der Waals surface area contributed by atoms with Gasteiger partial charge in [0.25, 0.3) is 0 Å². The summed E-state index contributed by atoms with van der Waals surface area (Å²) in [5.74, 6) is -1.92. The molecule has 0 saturated carbocycles. The summed E-state index contributed by atoms with van der Waals surface area (Å²) in [7, 11) is 1.17. The third-order valence-corrected chi connectivity index (χ3v) is 1.66. The van der Waals surface area contributed by atoms with E-state index in [1.165, 1.54) is 7.11 Å². The zero-order valence-corrected chi connectivity index (χ0v) is 7.56. The Labute approximate surface area is 74.7 Å². The van der Waals surface area contributed by atoms with E-state index in [-0.39, 0.29) is 6.42 Å². The first kappa shape index (κ1) is 10.6. The molecule has 0 atom stereocenters. The van der Waals surface area contributed by atoms with E-state index in [0.29, 0.717) is 0 Å². The molecule has 0 radical (unpaired) electrons. The SMILES string of the molecule is COC(=O)CC(S)(S)C(=O)O. The minimum Gasteiger partial charge on any atom is -0.480 e. The number of hydrogen-bond donors (Lipinski definition) is 3. The molecule has 0 unspecified atom stereocenters. The van der Waals surface area contributed by atoms with Crippen LogP contribution in [0.15, 0.2) is 0 Å². The highest BCUT2D eigenvalue weighted by Crippen LogP contribution is 2.24. The van der Waals surface area contributed by atoms with Crippen molar-refractivity contribution in [3.8, 4) is 0 Å². The van der Waals surface area contributed by atoms with Crippen molar-refractivity contribution in [3.63, 3.8) is 0 Å². The highest BCUT2D eigenvalue weighted by molar-refractivity contribution is 8.02. The van der Waals surface area contributed by atoms with E-state index in [4.69, 9.17) is 5.11 Å². The first-order valence-corrected chi connectivity index (χ1v) is 3.54. The molecule has 6 heteroatoms. The second kappa shape index (κ2) is 3.87. The van der Waals surface area contributed by atoms with Crippen LogP contribution in [0.1, 0.15) is 6.42 Å². The predicted octanol–water partition coefficient (Wildman–Crippen LogP) is 0.190. The number of aliphatic carboxylic acids is 1.